The molecule has 2 heterocycles. The van der Waals surface area contributed by atoms with Gasteiger partial charge in [-0.3, -0.25) is 19.8 Å². The fourth-order valence-corrected chi connectivity index (χ4v) is 3.04. The molecule has 23 heavy (non-hydrogen) atoms. The van der Waals surface area contributed by atoms with E-state index in [1.165, 1.54) is 11.0 Å². The van der Waals surface area contributed by atoms with Gasteiger partial charge >= 0.3 is 0 Å². The number of hydrogen-bond acceptors (Lipinski definition) is 4. The van der Waals surface area contributed by atoms with Crippen molar-refractivity contribution in [2.45, 2.75) is 0 Å². The quantitative estimate of drug-likeness (QED) is 0.426. The Labute approximate surface area is 153 Å². The van der Waals surface area contributed by atoms with Gasteiger partial charge < -0.3 is 4.42 Å². The summed E-state index contributed by atoms with van der Waals surface area (Å²) in [5, 5.41) is 2.55. The van der Waals surface area contributed by atoms with E-state index in [2.05, 4.69) is 37.2 Å². The van der Waals surface area contributed by atoms with Crippen LogP contribution in [0.4, 0.5) is 5.69 Å². The first-order valence-electron chi connectivity index (χ1n) is 6.38. The van der Waals surface area contributed by atoms with Crippen LogP contribution in [0.25, 0.3) is 6.08 Å². The number of nitrogens with one attached hydrogen (secondary N) is 1. The molecule has 2 amide bonds. The number of carbonyl (C=O) groups is 2. The minimum atomic E-state index is -0.557. The van der Waals surface area contributed by atoms with Crippen molar-refractivity contribution in [3.05, 3.63) is 56.9 Å². The number of benzene rings is 1. The van der Waals surface area contributed by atoms with E-state index < -0.39 is 11.8 Å². The topological polar surface area (TPSA) is 62.6 Å². The molecule has 0 atom stereocenters. The fourth-order valence-electron chi connectivity index (χ4n) is 2.06. The van der Waals surface area contributed by atoms with Crippen molar-refractivity contribution >= 4 is 72.8 Å². The molecule has 1 saturated heterocycles. The number of carbonyl (C=O) groups excluding carboxylic acids is 2. The second-order valence-corrected chi connectivity index (χ2v) is 6.66. The highest BCUT2D eigenvalue weighted by molar-refractivity contribution is 9.10. The van der Waals surface area contributed by atoms with Gasteiger partial charge in [0.25, 0.3) is 11.8 Å². The summed E-state index contributed by atoms with van der Waals surface area (Å²) < 4.78 is 6.62. The maximum Gasteiger partial charge on any atom is 0.270 e. The molecule has 1 aromatic heterocycles. The molecule has 1 aliphatic heterocycles. The van der Waals surface area contributed by atoms with Crippen LogP contribution in [0.5, 0.6) is 0 Å². The van der Waals surface area contributed by atoms with Gasteiger partial charge in [-0.1, -0.05) is 22.0 Å². The Morgan fingerprint density at radius 1 is 1.17 bits per heavy atom. The van der Waals surface area contributed by atoms with Gasteiger partial charge in [-0.25, -0.2) is 0 Å². The molecular weight excluding hydrogens is 448 g/mol. The molecule has 3 rings (SSSR count). The third kappa shape index (κ3) is 3.29. The van der Waals surface area contributed by atoms with E-state index in [1.807, 2.05) is 6.07 Å². The SMILES string of the molecule is O=C1NC(=S)N(c2cccc(Br)c2)C(=O)/C1=C/c1ccc(Br)o1. The van der Waals surface area contributed by atoms with Gasteiger partial charge in [0.2, 0.25) is 0 Å². The average molecular weight is 456 g/mol. The van der Waals surface area contributed by atoms with Crippen LogP contribution < -0.4 is 10.2 Å². The van der Waals surface area contributed by atoms with E-state index in [0.29, 0.717) is 16.1 Å². The molecule has 0 saturated carbocycles. The Hall–Kier alpha value is -1.77. The minimum Gasteiger partial charge on any atom is -0.450 e. The molecule has 1 N–H and O–H groups in total. The molecule has 0 aliphatic carbocycles. The van der Waals surface area contributed by atoms with Crippen LogP contribution in [-0.4, -0.2) is 16.9 Å². The Kier molecular flexibility index (Phi) is 4.47. The van der Waals surface area contributed by atoms with Crippen LogP contribution >= 0.6 is 44.1 Å². The van der Waals surface area contributed by atoms with Gasteiger partial charge in [-0.15, -0.1) is 0 Å². The van der Waals surface area contributed by atoms with Crippen LogP contribution in [0, 0.1) is 0 Å². The smallest absolute Gasteiger partial charge is 0.270 e. The van der Waals surface area contributed by atoms with Crippen LogP contribution in [0.1, 0.15) is 5.76 Å². The molecule has 1 aliphatic rings. The number of rotatable bonds is 2. The Morgan fingerprint density at radius 3 is 2.61 bits per heavy atom. The lowest BCUT2D eigenvalue weighted by Crippen LogP contribution is -2.54. The number of halogens is 2. The van der Waals surface area contributed by atoms with Crippen LogP contribution in [0.15, 0.2) is 55.5 Å². The first-order chi connectivity index (χ1) is 11.0. The van der Waals surface area contributed by atoms with Crippen molar-refractivity contribution in [3.8, 4) is 0 Å². The summed E-state index contributed by atoms with van der Waals surface area (Å²) in [5.74, 6) is -0.680. The number of thiocarbonyl (C=S) groups is 1. The summed E-state index contributed by atoms with van der Waals surface area (Å²) in [7, 11) is 0. The predicted molar refractivity (Wildman–Crippen MR) is 96.8 cm³/mol. The zero-order valence-corrected chi connectivity index (χ0v) is 15.4. The zero-order valence-electron chi connectivity index (χ0n) is 11.4. The van der Waals surface area contributed by atoms with Gasteiger partial charge in [0.15, 0.2) is 9.78 Å². The van der Waals surface area contributed by atoms with Crippen LogP contribution in [0.2, 0.25) is 0 Å². The molecule has 2 aromatic rings. The van der Waals surface area contributed by atoms with E-state index in [1.54, 1.807) is 30.3 Å². The standard InChI is InChI=1S/C15H8Br2N2O3S/c16-8-2-1-3-9(6-8)19-14(21)11(13(20)18-15(19)23)7-10-4-5-12(17)22-10/h1-7H,(H,18,20,23)/b11-7+. The largest absolute Gasteiger partial charge is 0.450 e. The molecule has 0 bridgehead atoms. The maximum absolute atomic E-state index is 12.7. The second kappa shape index (κ2) is 6.38. The van der Waals surface area contributed by atoms with Gasteiger partial charge in [0, 0.05) is 4.47 Å². The van der Waals surface area contributed by atoms with Gasteiger partial charge in [0.1, 0.15) is 11.3 Å². The number of nitrogens with zero attached hydrogens (tertiary/aromatic N) is 1. The summed E-state index contributed by atoms with van der Waals surface area (Å²) in [4.78, 5) is 26.1. The summed E-state index contributed by atoms with van der Waals surface area (Å²) in [6.45, 7) is 0. The van der Waals surface area contributed by atoms with Gasteiger partial charge in [-0.2, -0.15) is 0 Å². The number of furan rings is 1. The third-order valence-corrected chi connectivity index (χ3v) is 4.25. The monoisotopic (exact) mass is 454 g/mol. The molecule has 5 nitrogen and oxygen atoms in total. The molecule has 1 fully saturated rings. The van der Waals surface area contributed by atoms with Crippen LogP contribution in [-0.2, 0) is 9.59 Å². The first kappa shape index (κ1) is 16.1. The molecule has 1 aromatic carbocycles. The highest BCUT2D eigenvalue weighted by Crippen LogP contribution is 2.25. The Bertz CT molecular complexity index is 860. The lowest BCUT2D eigenvalue weighted by Gasteiger charge is -2.28. The number of anilines is 1. The molecule has 8 heteroatoms. The molecule has 0 radical (unpaired) electrons. The van der Waals surface area contributed by atoms with Crippen molar-refractivity contribution < 1.29 is 14.0 Å². The lowest BCUT2D eigenvalue weighted by molar-refractivity contribution is -0.122. The van der Waals surface area contributed by atoms with Crippen molar-refractivity contribution in [1.82, 2.24) is 5.32 Å². The molecule has 116 valence electrons. The van der Waals surface area contributed by atoms with Crippen molar-refractivity contribution in [2.75, 3.05) is 4.90 Å². The normalized spacial score (nSPS) is 16.9. The summed E-state index contributed by atoms with van der Waals surface area (Å²) in [5.41, 5.74) is 0.501. The van der Waals surface area contributed by atoms with Gasteiger partial charge in [0.05, 0.1) is 5.69 Å². The van der Waals surface area contributed by atoms with Crippen molar-refractivity contribution in [1.29, 1.82) is 0 Å². The number of hydrogen-bond donors (Lipinski definition) is 1. The van der Waals surface area contributed by atoms with Crippen molar-refractivity contribution in [2.24, 2.45) is 0 Å². The Balaban J connectivity index is 2.02. The summed E-state index contributed by atoms with van der Waals surface area (Å²) in [6.07, 6.45) is 1.38. The molecular formula is C15H8Br2N2O3S. The van der Waals surface area contributed by atoms with Gasteiger partial charge in [-0.05, 0) is 64.6 Å². The Morgan fingerprint density at radius 2 is 1.96 bits per heavy atom. The molecule has 0 spiro atoms. The fraction of sp³-hybridized carbons (Fsp3) is 0. The summed E-state index contributed by atoms with van der Waals surface area (Å²) in [6, 6.07) is 10.4. The predicted octanol–water partition coefficient (Wildman–Crippen LogP) is 3.64. The summed E-state index contributed by atoms with van der Waals surface area (Å²) >= 11 is 11.7. The average Bonchev–Trinajstić information content (AvgIpc) is 2.89. The van der Waals surface area contributed by atoms with E-state index in [4.69, 9.17) is 16.6 Å². The van der Waals surface area contributed by atoms with E-state index in [9.17, 15) is 9.59 Å². The van der Waals surface area contributed by atoms with E-state index in [0.717, 1.165) is 4.47 Å². The first-order valence-corrected chi connectivity index (χ1v) is 8.37. The highest BCUT2D eigenvalue weighted by atomic mass is 79.9. The van der Waals surface area contributed by atoms with Crippen molar-refractivity contribution in [3.63, 3.8) is 0 Å². The second-order valence-electron chi connectivity index (χ2n) is 4.58. The lowest BCUT2D eigenvalue weighted by atomic mass is 10.1. The molecule has 0 unspecified atom stereocenters. The van der Waals surface area contributed by atoms with E-state index in [-0.39, 0.29) is 10.7 Å². The van der Waals surface area contributed by atoms with E-state index >= 15 is 0 Å². The maximum atomic E-state index is 12.7. The number of amides is 2. The third-order valence-electron chi connectivity index (χ3n) is 3.05. The minimum absolute atomic E-state index is 0.0378. The van der Waals surface area contributed by atoms with Crippen LogP contribution in [0.3, 0.4) is 0 Å². The zero-order chi connectivity index (χ0) is 16.6. The highest BCUT2D eigenvalue weighted by Gasteiger charge is 2.34.